The first-order valence-electron chi connectivity index (χ1n) is 10.5. The zero-order chi connectivity index (χ0) is 22.0. The predicted molar refractivity (Wildman–Crippen MR) is 122 cm³/mol. The SMILES string of the molecule is COCCn1c(=O)n(C)c(=O)c2ccc([C@@H]3CCCN(Cc4ccc(Cl)cc4)C3)nc21. The van der Waals surface area contributed by atoms with Crippen LogP contribution in [0.1, 0.15) is 30.0 Å². The van der Waals surface area contributed by atoms with E-state index in [0.29, 0.717) is 24.2 Å². The summed E-state index contributed by atoms with van der Waals surface area (Å²) in [6.45, 7) is 3.50. The Labute approximate surface area is 185 Å². The minimum atomic E-state index is -0.368. The molecule has 0 bridgehead atoms. The van der Waals surface area contributed by atoms with Crippen molar-refractivity contribution in [2.75, 3.05) is 26.8 Å². The average Bonchev–Trinajstić information content (AvgIpc) is 2.79. The molecular formula is C23H27ClN4O3. The summed E-state index contributed by atoms with van der Waals surface area (Å²) in [6.07, 6.45) is 2.10. The maximum atomic E-state index is 12.7. The second-order valence-corrected chi connectivity index (χ2v) is 8.54. The maximum Gasteiger partial charge on any atom is 0.332 e. The Kier molecular flexibility index (Phi) is 6.55. The smallest absolute Gasteiger partial charge is 0.332 e. The van der Waals surface area contributed by atoms with Gasteiger partial charge in [0.2, 0.25) is 0 Å². The van der Waals surface area contributed by atoms with Gasteiger partial charge in [0.15, 0.2) is 0 Å². The highest BCUT2D eigenvalue weighted by atomic mass is 35.5. The van der Waals surface area contributed by atoms with Crippen molar-refractivity contribution in [3.05, 3.63) is 73.5 Å². The quantitative estimate of drug-likeness (QED) is 0.587. The summed E-state index contributed by atoms with van der Waals surface area (Å²) in [7, 11) is 3.09. The van der Waals surface area contributed by atoms with Crippen LogP contribution in [0.15, 0.2) is 46.0 Å². The summed E-state index contributed by atoms with van der Waals surface area (Å²) in [4.78, 5) is 32.5. The van der Waals surface area contributed by atoms with E-state index in [1.54, 1.807) is 13.2 Å². The van der Waals surface area contributed by atoms with Gasteiger partial charge in [-0.3, -0.25) is 18.8 Å². The van der Waals surface area contributed by atoms with E-state index in [2.05, 4.69) is 17.0 Å². The van der Waals surface area contributed by atoms with Crippen molar-refractivity contribution >= 4 is 22.6 Å². The second kappa shape index (κ2) is 9.34. The normalized spacial score (nSPS) is 17.3. The van der Waals surface area contributed by atoms with Crippen LogP contribution in [0.25, 0.3) is 11.0 Å². The van der Waals surface area contributed by atoms with E-state index < -0.39 is 0 Å². The van der Waals surface area contributed by atoms with Gasteiger partial charge < -0.3 is 4.74 Å². The molecule has 4 rings (SSSR count). The van der Waals surface area contributed by atoms with E-state index in [1.807, 2.05) is 18.2 Å². The molecule has 1 aromatic carbocycles. The van der Waals surface area contributed by atoms with Gasteiger partial charge in [0.1, 0.15) is 5.65 Å². The average molecular weight is 443 g/mol. The van der Waals surface area contributed by atoms with Crippen LogP contribution in [0.3, 0.4) is 0 Å². The molecule has 3 aromatic rings. The standard InChI is InChI=1S/C23H27ClN4O3/c1-26-22(29)19-9-10-20(25-21(19)28(23(26)30)12-13-31-2)17-4-3-11-27(15-17)14-16-5-7-18(24)8-6-16/h5-10,17H,3-4,11-15H2,1-2H3/t17-/m1/s1. The highest BCUT2D eigenvalue weighted by molar-refractivity contribution is 6.30. The van der Waals surface area contributed by atoms with Crippen molar-refractivity contribution < 1.29 is 4.74 Å². The molecule has 1 aliphatic rings. The van der Waals surface area contributed by atoms with Crippen LogP contribution in [0.2, 0.25) is 5.02 Å². The molecule has 7 nitrogen and oxygen atoms in total. The van der Waals surface area contributed by atoms with Crippen molar-refractivity contribution in [3.8, 4) is 0 Å². The van der Waals surface area contributed by atoms with E-state index in [0.717, 1.165) is 47.8 Å². The van der Waals surface area contributed by atoms with Crippen LogP contribution in [0, 0.1) is 0 Å². The Hall–Kier alpha value is -2.48. The number of methoxy groups -OCH3 is 1. The molecule has 0 N–H and O–H groups in total. The first-order valence-corrected chi connectivity index (χ1v) is 10.9. The number of hydrogen-bond acceptors (Lipinski definition) is 5. The van der Waals surface area contributed by atoms with Crippen LogP contribution < -0.4 is 11.2 Å². The Bertz CT molecular complexity index is 1190. The maximum absolute atomic E-state index is 12.7. The van der Waals surface area contributed by atoms with Gasteiger partial charge in [-0.25, -0.2) is 9.78 Å². The molecule has 8 heteroatoms. The number of likely N-dealkylation sites (tertiary alicyclic amines) is 1. The highest BCUT2D eigenvalue weighted by Gasteiger charge is 2.23. The van der Waals surface area contributed by atoms with Gasteiger partial charge in [0, 0.05) is 43.9 Å². The number of benzene rings is 1. The third-order valence-electron chi connectivity index (χ3n) is 5.97. The molecule has 0 unspecified atom stereocenters. The topological polar surface area (TPSA) is 69.4 Å². The summed E-state index contributed by atoms with van der Waals surface area (Å²) in [5.41, 5.74) is 1.91. The Morgan fingerprint density at radius 2 is 1.94 bits per heavy atom. The van der Waals surface area contributed by atoms with Crippen molar-refractivity contribution in [1.29, 1.82) is 0 Å². The van der Waals surface area contributed by atoms with Crippen molar-refractivity contribution in [1.82, 2.24) is 19.0 Å². The molecule has 1 aliphatic heterocycles. The van der Waals surface area contributed by atoms with Crippen molar-refractivity contribution in [3.63, 3.8) is 0 Å². The summed E-state index contributed by atoms with van der Waals surface area (Å²) in [6, 6.07) is 11.7. The number of nitrogens with zero attached hydrogens (tertiary/aromatic N) is 4. The van der Waals surface area contributed by atoms with Gasteiger partial charge in [-0.05, 0) is 49.2 Å². The number of pyridine rings is 1. The molecule has 0 spiro atoms. The molecule has 0 amide bonds. The van der Waals surface area contributed by atoms with Crippen LogP contribution in [-0.4, -0.2) is 45.8 Å². The summed E-state index contributed by atoms with van der Waals surface area (Å²) >= 11 is 6.00. The minimum Gasteiger partial charge on any atom is -0.383 e. The molecule has 31 heavy (non-hydrogen) atoms. The zero-order valence-corrected chi connectivity index (χ0v) is 18.6. The van der Waals surface area contributed by atoms with Gasteiger partial charge in [0.25, 0.3) is 5.56 Å². The van der Waals surface area contributed by atoms with Gasteiger partial charge in [0.05, 0.1) is 18.5 Å². The summed E-state index contributed by atoms with van der Waals surface area (Å²) in [5.74, 6) is 0.250. The number of rotatable bonds is 6. The lowest BCUT2D eigenvalue weighted by molar-refractivity contribution is 0.186. The van der Waals surface area contributed by atoms with Crippen LogP contribution in [0.5, 0.6) is 0 Å². The molecule has 0 saturated carbocycles. The lowest BCUT2D eigenvalue weighted by Gasteiger charge is -2.32. The summed E-state index contributed by atoms with van der Waals surface area (Å²) in [5, 5.41) is 1.20. The second-order valence-electron chi connectivity index (χ2n) is 8.10. The first-order chi connectivity index (χ1) is 15.0. The fourth-order valence-corrected chi connectivity index (χ4v) is 4.40. The monoisotopic (exact) mass is 442 g/mol. The molecule has 1 atom stereocenters. The van der Waals surface area contributed by atoms with E-state index in [4.69, 9.17) is 21.3 Å². The highest BCUT2D eigenvalue weighted by Crippen LogP contribution is 2.27. The van der Waals surface area contributed by atoms with Crippen molar-refractivity contribution in [2.24, 2.45) is 7.05 Å². The predicted octanol–water partition coefficient (Wildman–Crippen LogP) is 2.77. The van der Waals surface area contributed by atoms with Gasteiger partial charge in [-0.1, -0.05) is 23.7 Å². The number of ether oxygens (including phenoxy) is 1. The van der Waals surface area contributed by atoms with Gasteiger partial charge in [-0.2, -0.15) is 0 Å². The minimum absolute atomic E-state index is 0.250. The Balaban J connectivity index is 1.64. The third kappa shape index (κ3) is 4.59. The molecule has 0 radical (unpaired) electrons. The van der Waals surface area contributed by atoms with E-state index >= 15 is 0 Å². The van der Waals surface area contributed by atoms with E-state index in [1.165, 1.54) is 17.2 Å². The van der Waals surface area contributed by atoms with Crippen molar-refractivity contribution in [2.45, 2.75) is 31.8 Å². The zero-order valence-electron chi connectivity index (χ0n) is 17.9. The molecule has 164 valence electrons. The molecule has 1 saturated heterocycles. The molecule has 0 aliphatic carbocycles. The van der Waals surface area contributed by atoms with Crippen LogP contribution in [0.4, 0.5) is 0 Å². The molecule has 2 aromatic heterocycles. The van der Waals surface area contributed by atoms with E-state index in [-0.39, 0.29) is 17.2 Å². The molecule has 1 fully saturated rings. The van der Waals surface area contributed by atoms with Crippen LogP contribution >= 0.6 is 11.6 Å². The molecule has 3 heterocycles. The van der Waals surface area contributed by atoms with Gasteiger partial charge in [-0.15, -0.1) is 0 Å². The lowest BCUT2D eigenvalue weighted by Crippen LogP contribution is -2.39. The third-order valence-corrected chi connectivity index (χ3v) is 6.22. The van der Waals surface area contributed by atoms with Crippen LogP contribution in [-0.2, 0) is 24.9 Å². The number of hydrogen-bond donors (Lipinski definition) is 0. The number of piperidine rings is 1. The Morgan fingerprint density at radius 1 is 1.16 bits per heavy atom. The molecular weight excluding hydrogens is 416 g/mol. The number of aromatic nitrogens is 3. The van der Waals surface area contributed by atoms with E-state index in [9.17, 15) is 9.59 Å². The number of halogens is 1. The largest absolute Gasteiger partial charge is 0.383 e. The van der Waals surface area contributed by atoms with Gasteiger partial charge >= 0.3 is 5.69 Å². The number of fused-ring (bicyclic) bond motifs is 1. The Morgan fingerprint density at radius 3 is 2.68 bits per heavy atom. The fourth-order valence-electron chi connectivity index (χ4n) is 4.27. The lowest BCUT2D eigenvalue weighted by atomic mass is 9.93. The fraction of sp³-hybridized carbons (Fsp3) is 0.435. The first kappa shape index (κ1) is 21.7. The summed E-state index contributed by atoms with van der Waals surface area (Å²) < 4.78 is 7.83.